The number of carbonyl (C=O) groups excluding carboxylic acids is 1. The Morgan fingerprint density at radius 2 is 1.72 bits per heavy atom. The molecule has 0 fully saturated rings. The molecule has 7 nitrogen and oxygen atoms in total. The number of esters is 1. The van der Waals surface area contributed by atoms with Gasteiger partial charge >= 0.3 is 5.97 Å². The van der Waals surface area contributed by atoms with Gasteiger partial charge in [-0.2, -0.15) is 0 Å². The monoisotopic (exact) mass is 390 g/mol. The molecule has 0 unspecified atom stereocenters. The second-order valence-corrected chi connectivity index (χ2v) is 7.03. The fourth-order valence-corrected chi connectivity index (χ4v) is 3.26. The third kappa shape index (κ3) is 3.47. The number of nitrogens with two attached hydrogens (primary N) is 1. The van der Waals surface area contributed by atoms with Gasteiger partial charge in [-0.3, -0.25) is 0 Å². The van der Waals surface area contributed by atoms with Crippen LogP contribution >= 0.6 is 0 Å². The molecular formula is C22H22N4O3. The molecule has 4 aromatic rings. The maximum absolute atomic E-state index is 12.8. The number of methoxy groups -OCH3 is 1. The third-order valence-corrected chi connectivity index (χ3v) is 4.64. The van der Waals surface area contributed by atoms with Crippen molar-refractivity contribution in [1.82, 2.24) is 14.5 Å². The lowest BCUT2D eigenvalue weighted by atomic mass is 10.2. The largest absolute Gasteiger partial charge is 0.497 e. The zero-order valence-corrected chi connectivity index (χ0v) is 16.5. The molecule has 2 heterocycles. The predicted molar refractivity (Wildman–Crippen MR) is 112 cm³/mol. The van der Waals surface area contributed by atoms with Crippen LogP contribution in [0.5, 0.6) is 5.75 Å². The highest BCUT2D eigenvalue weighted by Crippen LogP contribution is 2.29. The number of aromatic nitrogens is 3. The molecule has 0 aliphatic carbocycles. The molecule has 0 radical (unpaired) electrons. The van der Waals surface area contributed by atoms with Gasteiger partial charge in [-0.15, -0.1) is 0 Å². The van der Waals surface area contributed by atoms with Crippen molar-refractivity contribution < 1.29 is 14.3 Å². The summed E-state index contributed by atoms with van der Waals surface area (Å²) >= 11 is 0. The predicted octanol–water partition coefficient (Wildman–Crippen LogP) is 3.79. The summed E-state index contributed by atoms with van der Waals surface area (Å²) in [7, 11) is 1.62. The number of benzene rings is 2. The molecule has 148 valence electrons. The Hall–Kier alpha value is -3.61. The summed E-state index contributed by atoms with van der Waals surface area (Å²) in [5.74, 6) is 0.559. The zero-order chi connectivity index (χ0) is 20.5. The minimum atomic E-state index is -0.499. The van der Waals surface area contributed by atoms with E-state index in [0.29, 0.717) is 23.2 Å². The standard InChI is InChI=1S/C22H22N4O3/c1-13(2)29-22(27)18-19-21(25-17-7-5-4-6-16(17)24-19)26(20(18)23)12-14-8-10-15(28-3)11-9-14/h4-11,13H,12,23H2,1-3H3. The summed E-state index contributed by atoms with van der Waals surface area (Å²) in [6.45, 7) is 4.03. The Kier molecular flexibility index (Phi) is 4.80. The molecule has 7 heteroatoms. The zero-order valence-electron chi connectivity index (χ0n) is 16.5. The minimum Gasteiger partial charge on any atom is -0.497 e. The first-order valence-electron chi connectivity index (χ1n) is 9.36. The number of carbonyl (C=O) groups is 1. The molecule has 0 aliphatic heterocycles. The van der Waals surface area contributed by atoms with Gasteiger partial charge in [0.2, 0.25) is 0 Å². The van der Waals surface area contributed by atoms with Crippen LogP contribution in [-0.4, -0.2) is 33.7 Å². The first kappa shape index (κ1) is 18.7. The molecule has 0 saturated carbocycles. The molecule has 2 aromatic heterocycles. The highest BCUT2D eigenvalue weighted by molar-refractivity contribution is 6.08. The molecule has 2 N–H and O–H groups in total. The van der Waals surface area contributed by atoms with Crippen LogP contribution in [0.15, 0.2) is 48.5 Å². The maximum Gasteiger partial charge on any atom is 0.344 e. The van der Waals surface area contributed by atoms with Gasteiger partial charge in [0.25, 0.3) is 0 Å². The van der Waals surface area contributed by atoms with Gasteiger partial charge < -0.3 is 19.8 Å². The number of anilines is 1. The number of para-hydroxylation sites is 2. The number of rotatable bonds is 5. The molecule has 29 heavy (non-hydrogen) atoms. The first-order valence-corrected chi connectivity index (χ1v) is 9.36. The summed E-state index contributed by atoms with van der Waals surface area (Å²) in [6.07, 6.45) is -0.268. The molecule has 0 bridgehead atoms. The van der Waals surface area contributed by atoms with Crippen LogP contribution in [0.2, 0.25) is 0 Å². The van der Waals surface area contributed by atoms with Crippen molar-refractivity contribution in [2.75, 3.05) is 12.8 Å². The summed E-state index contributed by atoms with van der Waals surface area (Å²) in [4.78, 5) is 22.2. The van der Waals surface area contributed by atoms with Crippen LogP contribution in [-0.2, 0) is 11.3 Å². The highest BCUT2D eigenvalue weighted by Gasteiger charge is 2.25. The number of nitrogen functional groups attached to an aromatic ring is 1. The van der Waals surface area contributed by atoms with E-state index in [0.717, 1.165) is 16.8 Å². The quantitative estimate of drug-likeness (QED) is 0.521. The average molecular weight is 390 g/mol. The fourth-order valence-electron chi connectivity index (χ4n) is 3.26. The summed E-state index contributed by atoms with van der Waals surface area (Å²) in [5.41, 5.74) is 10.1. The molecule has 4 rings (SSSR count). The van der Waals surface area contributed by atoms with Crippen molar-refractivity contribution in [3.05, 3.63) is 59.7 Å². The SMILES string of the molecule is COc1ccc(Cn2c(N)c(C(=O)OC(C)C)c3nc4ccccc4nc32)cc1. The molecule has 0 spiro atoms. The molecule has 0 atom stereocenters. The number of fused-ring (bicyclic) bond motifs is 2. The van der Waals surface area contributed by atoms with Crippen molar-refractivity contribution >= 4 is 34.0 Å². The van der Waals surface area contributed by atoms with Gasteiger partial charge in [-0.25, -0.2) is 14.8 Å². The van der Waals surface area contributed by atoms with Crippen LogP contribution in [0.1, 0.15) is 29.8 Å². The molecule has 0 saturated heterocycles. The van der Waals surface area contributed by atoms with E-state index in [4.69, 9.17) is 20.2 Å². The van der Waals surface area contributed by atoms with Crippen LogP contribution < -0.4 is 10.5 Å². The van der Waals surface area contributed by atoms with Crippen molar-refractivity contribution in [1.29, 1.82) is 0 Å². The van der Waals surface area contributed by atoms with E-state index < -0.39 is 5.97 Å². The molecule has 0 aliphatic rings. The van der Waals surface area contributed by atoms with E-state index in [1.165, 1.54) is 0 Å². The van der Waals surface area contributed by atoms with Crippen molar-refractivity contribution in [2.45, 2.75) is 26.5 Å². The van der Waals surface area contributed by atoms with E-state index in [1.54, 1.807) is 25.5 Å². The highest BCUT2D eigenvalue weighted by atomic mass is 16.5. The fraction of sp³-hybridized carbons (Fsp3) is 0.227. The van der Waals surface area contributed by atoms with Gasteiger partial charge in [-0.1, -0.05) is 24.3 Å². The second kappa shape index (κ2) is 7.43. The topological polar surface area (TPSA) is 92.3 Å². The van der Waals surface area contributed by atoms with E-state index in [2.05, 4.69) is 4.98 Å². The van der Waals surface area contributed by atoms with Gasteiger partial charge in [0.15, 0.2) is 5.65 Å². The summed E-state index contributed by atoms with van der Waals surface area (Å²) in [5, 5.41) is 0. The lowest BCUT2D eigenvalue weighted by Gasteiger charge is -2.10. The van der Waals surface area contributed by atoms with Crippen LogP contribution in [0.4, 0.5) is 5.82 Å². The van der Waals surface area contributed by atoms with E-state index >= 15 is 0 Å². The summed E-state index contributed by atoms with van der Waals surface area (Å²) in [6, 6.07) is 15.2. The lowest BCUT2D eigenvalue weighted by Crippen LogP contribution is -2.14. The number of hydrogen-bond acceptors (Lipinski definition) is 6. The Morgan fingerprint density at radius 1 is 1.07 bits per heavy atom. The first-order chi connectivity index (χ1) is 14.0. The van der Waals surface area contributed by atoms with E-state index in [9.17, 15) is 4.79 Å². The molecule has 2 aromatic carbocycles. The number of nitrogens with zero attached hydrogens (tertiary/aromatic N) is 3. The van der Waals surface area contributed by atoms with Crippen molar-refractivity contribution in [3.63, 3.8) is 0 Å². The molecular weight excluding hydrogens is 368 g/mol. The van der Waals surface area contributed by atoms with Crippen LogP contribution in [0, 0.1) is 0 Å². The number of hydrogen-bond donors (Lipinski definition) is 1. The second-order valence-electron chi connectivity index (χ2n) is 7.03. The van der Waals surface area contributed by atoms with Gasteiger partial charge in [0, 0.05) is 0 Å². The van der Waals surface area contributed by atoms with Crippen molar-refractivity contribution in [2.24, 2.45) is 0 Å². The third-order valence-electron chi connectivity index (χ3n) is 4.64. The Bertz CT molecular complexity index is 1200. The van der Waals surface area contributed by atoms with Gasteiger partial charge in [0.05, 0.1) is 30.8 Å². The Balaban J connectivity index is 1.90. The molecule has 0 amide bonds. The minimum absolute atomic E-state index is 0.250. The summed E-state index contributed by atoms with van der Waals surface area (Å²) < 4.78 is 12.4. The van der Waals surface area contributed by atoms with Crippen LogP contribution in [0.3, 0.4) is 0 Å². The lowest BCUT2D eigenvalue weighted by molar-refractivity contribution is 0.0381. The van der Waals surface area contributed by atoms with E-state index in [-0.39, 0.29) is 17.5 Å². The van der Waals surface area contributed by atoms with Crippen LogP contribution in [0.25, 0.3) is 22.2 Å². The van der Waals surface area contributed by atoms with Crippen molar-refractivity contribution in [3.8, 4) is 5.75 Å². The smallest absolute Gasteiger partial charge is 0.344 e. The maximum atomic E-state index is 12.8. The number of ether oxygens (including phenoxy) is 2. The normalized spacial score (nSPS) is 11.3. The Labute approximate surface area is 168 Å². The van der Waals surface area contributed by atoms with Gasteiger partial charge in [0.1, 0.15) is 22.6 Å². The van der Waals surface area contributed by atoms with E-state index in [1.807, 2.05) is 48.5 Å². The van der Waals surface area contributed by atoms with Gasteiger partial charge in [-0.05, 0) is 43.7 Å². The Morgan fingerprint density at radius 3 is 2.34 bits per heavy atom. The average Bonchev–Trinajstić information content (AvgIpc) is 2.97.